The van der Waals surface area contributed by atoms with E-state index in [4.69, 9.17) is 45.6 Å². The Kier molecular flexibility index (Phi) is 11.1. The van der Waals surface area contributed by atoms with Crippen LogP contribution in [0.2, 0.25) is 12.6 Å². The van der Waals surface area contributed by atoms with E-state index in [-0.39, 0.29) is 18.9 Å². The van der Waals surface area contributed by atoms with Gasteiger partial charge in [-0.1, -0.05) is 182 Å². The van der Waals surface area contributed by atoms with Gasteiger partial charge in [-0.25, -0.2) is 0 Å². The molecule has 0 aliphatic carbocycles. The van der Waals surface area contributed by atoms with Gasteiger partial charge in [-0.3, -0.25) is 0 Å². The second kappa shape index (κ2) is 16.4. The van der Waals surface area contributed by atoms with E-state index in [1.165, 1.54) is 0 Å². The first kappa shape index (κ1) is 40.6. The lowest BCUT2D eigenvalue weighted by Gasteiger charge is -2.56. The molecular formula is C40H42O12Si8. The first-order valence-electron chi connectivity index (χ1n) is 19.8. The second-order valence-corrected chi connectivity index (χ2v) is 37.1. The highest BCUT2D eigenvalue weighted by atomic mass is 28.6. The predicted molar refractivity (Wildman–Crippen MR) is 240 cm³/mol. The fraction of sp³-hybridized carbons (Fsp3) is 0.100. The molecule has 8 unspecified atom stereocenters. The Morgan fingerprint density at radius 2 is 0.767 bits per heavy atom. The largest absolute Gasteiger partial charge is 0.522 e. The minimum absolute atomic E-state index is 0.0526. The Morgan fingerprint density at radius 1 is 0.417 bits per heavy atom. The van der Waals surface area contributed by atoms with Gasteiger partial charge in [0, 0.05) is 38.6 Å². The van der Waals surface area contributed by atoms with Gasteiger partial charge in [0.15, 0.2) is 9.04 Å². The molecule has 0 aromatic heterocycles. The average Bonchev–Trinajstić information content (AvgIpc) is 3.34. The van der Waals surface area contributed by atoms with Crippen LogP contribution in [0.25, 0.3) is 0 Å². The Balaban J connectivity index is 1.37. The van der Waals surface area contributed by atoms with E-state index in [1.807, 2.05) is 189 Å². The summed E-state index contributed by atoms with van der Waals surface area (Å²) < 4.78 is 84.6. The van der Waals surface area contributed by atoms with Crippen molar-refractivity contribution in [2.45, 2.75) is 12.6 Å². The molecule has 306 valence electrons. The molecule has 1 N–H and O–H groups in total. The molecule has 8 atom stereocenters. The molecule has 6 aromatic rings. The number of hydrogen-bond acceptors (Lipinski definition) is 12. The van der Waals surface area contributed by atoms with Crippen molar-refractivity contribution in [2.24, 2.45) is 0 Å². The third-order valence-electron chi connectivity index (χ3n) is 10.5. The zero-order valence-corrected chi connectivity index (χ0v) is 40.8. The Bertz CT molecular complexity index is 2400. The molecule has 0 radical (unpaired) electrons. The van der Waals surface area contributed by atoms with Gasteiger partial charge in [-0.05, 0) is 11.7 Å². The van der Waals surface area contributed by atoms with Crippen LogP contribution in [0, 0.1) is 0 Å². The maximum Gasteiger partial charge on any atom is 0.522 e. The van der Waals surface area contributed by atoms with E-state index in [2.05, 4.69) is 0 Å². The van der Waals surface area contributed by atoms with Crippen molar-refractivity contribution in [1.29, 1.82) is 0 Å². The average molecular weight is 939 g/mol. The van der Waals surface area contributed by atoms with Crippen LogP contribution in [0.1, 0.15) is 0 Å². The molecule has 20 heteroatoms. The molecule has 0 amide bonds. The molecule has 60 heavy (non-hydrogen) atoms. The number of aliphatic hydroxyl groups excluding tert-OH is 1. The van der Waals surface area contributed by atoms with Crippen molar-refractivity contribution in [3.63, 3.8) is 0 Å². The molecular weight excluding hydrogens is 897 g/mol. The third kappa shape index (κ3) is 7.39. The normalized spacial score (nSPS) is 33.9. The number of aliphatic hydroxyl groups is 1. The molecule has 4 fully saturated rings. The van der Waals surface area contributed by atoms with Crippen molar-refractivity contribution < 1.29 is 50.7 Å². The maximum atomic E-state index is 11.1. The lowest BCUT2D eigenvalue weighted by molar-refractivity contribution is 0.0430. The third-order valence-corrected chi connectivity index (χ3v) is 41.6. The van der Waals surface area contributed by atoms with Gasteiger partial charge in [0.05, 0.1) is 6.23 Å². The van der Waals surface area contributed by atoms with Crippen LogP contribution in [0.5, 0.6) is 0 Å². The van der Waals surface area contributed by atoms with Gasteiger partial charge in [-0.2, -0.15) is 0 Å². The van der Waals surface area contributed by atoms with Crippen LogP contribution in [-0.2, 0) is 45.6 Å². The Hall–Kier alpha value is -3.42. The van der Waals surface area contributed by atoms with Crippen LogP contribution in [0.3, 0.4) is 0 Å². The monoisotopic (exact) mass is 938 g/mol. The highest BCUT2D eigenvalue weighted by Crippen LogP contribution is 2.43. The quantitative estimate of drug-likeness (QED) is 0.223. The zero-order valence-electron chi connectivity index (χ0n) is 32.5. The number of hydrogen-bond donors (Lipinski definition) is 1. The summed E-state index contributed by atoms with van der Waals surface area (Å²) in [7, 11) is -32.4. The van der Waals surface area contributed by atoms with E-state index >= 15 is 0 Å². The van der Waals surface area contributed by atoms with Crippen LogP contribution in [-0.4, -0.2) is 89.1 Å². The molecule has 4 aliphatic rings. The first-order chi connectivity index (χ1) is 29.3. The van der Waals surface area contributed by atoms with Gasteiger partial charge in [0.25, 0.3) is 0 Å². The maximum absolute atomic E-state index is 11.1. The lowest BCUT2D eigenvalue weighted by atomic mass is 10.4. The van der Waals surface area contributed by atoms with Crippen molar-refractivity contribution in [3.05, 3.63) is 182 Å². The van der Waals surface area contributed by atoms with E-state index in [0.29, 0.717) is 25.9 Å². The van der Waals surface area contributed by atoms with Gasteiger partial charge in [0.1, 0.15) is 0 Å². The Labute approximate surface area is 358 Å². The second-order valence-electron chi connectivity index (χ2n) is 14.7. The minimum Gasteiger partial charge on any atom is -0.414 e. The topological polar surface area (TPSA) is 122 Å². The summed E-state index contributed by atoms with van der Waals surface area (Å²) in [5.74, 6) is 0. The summed E-state index contributed by atoms with van der Waals surface area (Å²) in [6.45, 7) is 1.70. The van der Waals surface area contributed by atoms with E-state index in [9.17, 15) is 5.11 Å². The van der Waals surface area contributed by atoms with Gasteiger partial charge in [0.2, 0.25) is 0 Å². The molecule has 0 spiro atoms. The summed E-state index contributed by atoms with van der Waals surface area (Å²) in [5.41, 5.74) is 0. The number of rotatable bonds is 8. The van der Waals surface area contributed by atoms with Crippen LogP contribution < -0.4 is 31.1 Å². The number of benzene rings is 6. The van der Waals surface area contributed by atoms with Crippen LogP contribution in [0.15, 0.2) is 182 Å². The zero-order chi connectivity index (χ0) is 40.7. The van der Waals surface area contributed by atoms with E-state index in [1.54, 1.807) is 0 Å². The van der Waals surface area contributed by atoms with Crippen LogP contribution >= 0.6 is 0 Å². The van der Waals surface area contributed by atoms with E-state index < -0.39 is 71.2 Å². The van der Waals surface area contributed by atoms with Gasteiger partial charge in [-0.15, -0.1) is 0 Å². The summed E-state index contributed by atoms with van der Waals surface area (Å²) in [6.07, 6.45) is 0.140. The van der Waals surface area contributed by atoms with Gasteiger partial charge >= 0.3 is 62.1 Å². The first-order valence-corrected chi connectivity index (χ1v) is 34.3. The summed E-state index contributed by atoms with van der Waals surface area (Å²) >= 11 is 0. The predicted octanol–water partition coefficient (Wildman–Crippen LogP) is 1.41. The highest BCUT2D eigenvalue weighted by Gasteiger charge is 2.78. The number of fused-ring (bicyclic) bond motifs is 4. The smallest absolute Gasteiger partial charge is 0.414 e. The molecule has 6 bridgehead atoms. The van der Waals surface area contributed by atoms with Crippen LogP contribution in [0.4, 0.5) is 0 Å². The molecule has 6 aromatic carbocycles. The fourth-order valence-corrected chi connectivity index (χ4v) is 48.1. The summed E-state index contributed by atoms with van der Waals surface area (Å²) in [4.78, 5) is 0. The van der Waals surface area contributed by atoms with Crippen molar-refractivity contribution in [3.8, 4) is 0 Å². The fourth-order valence-electron chi connectivity index (χ4n) is 7.74. The summed E-state index contributed by atoms with van der Waals surface area (Å²) in [5, 5.41) is 15.0. The highest BCUT2D eigenvalue weighted by molar-refractivity contribution is 7.08. The molecule has 4 saturated heterocycles. The van der Waals surface area contributed by atoms with E-state index in [0.717, 1.165) is 5.19 Å². The van der Waals surface area contributed by atoms with Crippen molar-refractivity contribution >= 4 is 102 Å². The van der Waals surface area contributed by atoms with Gasteiger partial charge < -0.3 is 50.7 Å². The lowest BCUT2D eigenvalue weighted by Crippen LogP contribution is -2.88. The molecule has 0 saturated carbocycles. The molecule has 12 nitrogen and oxygen atoms in total. The minimum atomic E-state index is -4.58. The SMILES string of the molecule is C[SiH]1CO[Si]2(c3ccccc3)O[Si]3(CCO)O[SiH](c4ccccc4)O[Si]4(c5ccccc5)O[Si](c5ccccc5)(O1)O[Si](c1ccccc1)(O2)O[Si](c1ccccc1)(O3)O4. The van der Waals surface area contributed by atoms with Crippen molar-refractivity contribution in [2.75, 3.05) is 12.8 Å². The summed E-state index contributed by atoms with van der Waals surface area (Å²) in [6, 6.07) is 57.8. The van der Waals surface area contributed by atoms with Crippen molar-refractivity contribution in [1.82, 2.24) is 0 Å². The Morgan fingerprint density at radius 3 is 1.25 bits per heavy atom. The molecule has 10 rings (SSSR count). The molecule has 4 aliphatic heterocycles. The molecule has 4 heterocycles. The standard InChI is InChI=1S/C40H42O12Si8/c1-53-34-42-56(36-22-10-3-11-23-36)46-55(33-32-41)44-54(35-20-8-2-9-21-35)45-58(38-26-14-5-15-27-38)49-57(43-53,37-24-12-4-13-25-37)50-60(48-56,40-30-18-7-19-31-40)52-59(47-55,51-58)39-28-16-6-17-29-39/h2-31,41,53-54H,32-34H2,1H3.